The molecule has 2 aromatic rings. The molecule has 5 nitrogen and oxygen atoms in total. The first-order chi connectivity index (χ1) is 10.1. The minimum absolute atomic E-state index is 0. The summed E-state index contributed by atoms with van der Waals surface area (Å²) in [4.78, 5) is 4.57. The minimum atomic E-state index is -3.43. The lowest BCUT2D eigenvalue weighted by Gasteiger charge is -2.31. The summed E-state index contributed by atoms with van der Waals surface area (Å²) in [6, 6.07) is 9.05. The van der Waals surface area contributed by atoms with Crippen molar-refractivity contribution in [3.8, 4) is 0 Å². The van der Waals surface area contributed by atoms with E-state index in [1.54, 1.807) is 28.7 Å². The van der Waals surface area contributed by atoms with Crippen molar-refractivity contribution in [1.82, 2.24) is 14.6 Å². The van der Waals surface area contributed by atoms with Gasteiger partial charge in [0.2, 0.25) is 10.0 Å². The van der Waals surface area contributed by atoms with Gasteiger partial charge in [-0.3, -0.25) is 4.98 Å². The Hall–Kier alpha value is -1.21. The number of benzene rings is 1. The molecule has 2 heterocycles. The zero-order valence-electron chi connectivity index (χ0n) is 12.4. The van der Waals surface area contributed by atoms with Gasteiger partial charge in [-0.05, 0) is 44.2 Å². The molecule has 0 amide bonds. The fraction of sp³-hybridized carbons (Fsp3) is 0.400. The molecule has 0 aliphatic carbocycles. The number of fused-ring (bicyclic) bond motifs is 1. The summed E-state index contributed by atoms with van der Waals surface area (Å²) < 4.78 is 27.1. The van der Waals surface area contributed by atoms with E-state index in [0.29, 0.717) is 18.0 Å². The Morgan fingerprint density at radius 2 is 2.14 bits per heavy atom. The third-order valence-electron chi connectivity index (χ3n) is 4.00. The van der Waals surface area contributed by atoms with Crippen LogP contribution in [0.15, 0.2) is 41.4 Å². The highest BCUT2D eigenvalue weighted by Gasteiger charge is 2.29. The largest absolute Gasteiger partial charge is 0.316 e. The van der Waals surface area contributed by atoms with Gasteiger partial charge in [-0.15, -0.1) is 12.4 Å². The van der Waals surface area contributed by atoms with Gasteiger partial charge < -0.3 is 5.32 Å². The number of hydrogen-bond donors (Lipinski definition) is 1. The predicted octanol–water partition coefficient (Wildman–Crippen LogP) is 2.03. The number of piperidine rings is 1. The summed E-state index contributed by atoms with van der Waals surface area (Å²) in [6.45, 7) is 1.12. The highest BCUT2D eigenvalue weighted by molar-refractivity contribution is 7.89. The van der Waals surface area contributed by atoms with Crippen molar-refractivity contribution in [2.24, 2.45) is 0 Å². The second kappa shape index (κ2) is 6.91. The number of sulfonamides is 1. The number of aromatic nitrogens is 1. The monoisotopic (exact) mass is 341 g/mol. The van der Waals surface area contributed by atoms with Crippen LogP contribution < -0.4 is 5.32 Å². The molecule has 1 saturated heterocycles. The maximum Gasteiger partial charge on any atom is 0.243 e. The molecule has 1 aromatic heterocycles. The SMILES string of the molecule is CNC1CCCN(S(=O)(=O)c2ccc3ncccc3c2)C1.Cl. The molecule has 1 N–H and O–H groups in total. The summed E-state index contributed by atoms with van der Waals surface area (Å²) >= 11 is 0. The van der Waals surface area contributed by atoms with Crippen LogP contribution in [-0.2, 0) is 10.0 Å². The zero-order chi connectivity index (χ0) is 14.9. The molecule has 120 valence electrons. The number of nitrogens with zero attached hydrogens (tertiary/aromatic N) is 2. The van der Waals surface area contributed by atoms with Crippen LogP contribution in [0.3, 0.4) is 0 Å². The summed E-state index contributed by atoms with van der Waals surface area (Å²) in [5.74, 6) is 0. The molecule has 22 heavy (non-hydrogen) atoms. The van der Waals surface area contributed by atoms with Gasteiger partial charge in [0.25, 0.3) is 0 Å². The summed E-state index contributed by atoms with van der Waals surface area (Å²) in [6.07, 6.45) is 3.61. The van der Waals surface area contributed by atoms with E-state index in [4.69, 9.17) is 0 Å². The fourth-order valence-corrected chi connectivity index (χ4v) is 4.32. The minimum Gasteiger partial charge on any atom is -0.316 e. The standard InChI is InChI=1S/C15H19N3O2S.ClH/c1-16-13-5-3-9-18(11-13)21(19,20)14-6-7-15-12(10-14)4-2-8-17-15;/h2,4,6-8,10,13,16H,3,5,9,11H2,1H3;1H. The van der Waals surface area contributed by atoms with Crippen LogP contribution >= 0.6 is 12.4 Å². The smallest absolute Gasteiger partial charge is 0.243 e. The lowest BCUT2D eigenvalue weighted by atomic mass is 10.1. The molecule has 7 heteroatoms. The van der Waals surface area contributed by atoms with Crippen molar-refractivity contribution >= 4 is 33.3 Å². The molecule has 1 unspecified atom stereocenters. The van der Waals surface area contributed by atoms with E-state index >= 15 is 0 Å². The Labute approximate surface area is 137 Å². The Morgan fingerprint density at radius 1 is 1.32 bits per heavy atom. The van der Waals surface area contributed by atoms with Gasteiger partial charge in [-0.2, -0.15) is 4.31 Å². The van der Waals surface area contributed by atoms with Crippen LogP contribution in [0, 0.1) is 0 Å². The van der Waals surface area contributed by atoms with Crippen molar-refractivity contribution in [3.05, 3.63) is 36.5 Å². The zero-order valence-corrected chi connectivity index (χ0v) is 14.0. The van der Waals surface area contributed by atoms with Crippen molar-refractivity contribution < 1.29 is 8.42 Å². The molecule has 1 aliphatic rings. The Balaban J connectivity index is 0.00000176. The van der Waals surface area contributed by atoms with Crippen LogP contribution in [0.5, 0.6) is 0 Å². The molecule has 1 atom stereocenters. The first-order valence-electron chi connectivity index (χ1n) is 7.13. The molecule has 0 spiro atoms. The van der Waals surface area contributed by atoms with Gasteiger partial charge >= 0.3 is 0 Å². The number of nitrogens with one attached hydrogen (secondary N) is 1. The number of pyridine rings is 1. The van der Waals surface area contributed by atoms with Gasteiger partial charge in [-0.25, -0.2) is 8.42 Å². The van der Waals surface area contributed by atoms with Gasteiger partial charge in [0.1, 0.15) is 0 Å². The topological polar surface area (TPSA) is 62.3 Å². The number of likely N-dealkylation sites (N-methyl/N-ethyl adjacent to an activating group) is 1. The molecule has 1 aromatic carbocycles. The second-order valence-electron chi connectivity index (χ2n) is 5.35. The second-order valence-corrected chi connectivity index (χ2v) is 7.29. The summed E-state index contributed by atoms with van der Waals surface area (Å²) in [5, 5.41) is 4.02. The lowest BCUT2D eigenvalue weighted by Crippen LogP contribution is -2.46. The molecule has 0 bridgehead atoms. The van der Waals surface area contributed by atoms with Crippen molar-refractivity contribution in [3.63, 3.8) is 0 Å². The van der Waals surface area contributed by atoms with Crippen LogP contribution in [0.25, 0.3) is 10.9 Å². The molecule has 1 aliphatic heterocycles. The van der Waals surface area contributed by atoms with Crippen LogP contribution in [0.2, 0.25) is 0 Å². The molecule has 0 radical (unpaired) electrons. The normalized spacial score (nSPS) is 19.8. The Morgan fingerprint density at radius 3 is 2.91 bits per heavy atom. The van der Waals surface area contributed by atoms with Crippen LogP contribution in [-0.4, -0.2) is 43.9 Å². The maximum atomic E-state index is 12.8. The number of halogens is 1. The Kier molecular flexibility index (Phi) is 5.39. The van der Waals surface area contributed by atoms with Gasteiger partial charge in [-0.1, -0.05) is 6.07 Å². The quantitative estimate of drug-likeness (QED) is 0.928. The number of rotatable bonds is 3. The third-order valence-corrected chi connectivity index (χ3v) is 5.87. The number of hydrogen-bond acceptors (Lipinski definition) is 4. The maximum absolute atomic E-state index is 12.8. The van der Waals surface area contributed by atoms with E-state index in [2.05, 4.69) is 10.3 Å². The highest BCUT2D eigenvalue weighted by atomic mass is 35.5. The molecule has 1 fully saturated rings. The molecular formula is C15H20ClN3O2S. The van der Waals surface area contributed by atoms with E-state index in [-0.39, 0.29) is 18.4 Å². The third kappa shape index (κ3) is 3.25. The first kappa shape index (κ1) is 17.1. The van der Waals surface area contributed by atoms with E-state index in [1.807, 2.05) is 19.2 Å². The van der Waals surface area contributed by atoms with Gasteiger partial charge in [0.05, 0.1) is 10.4 Å². The van der Waals surface area contributed by atoms with Crippen molar-refractivity contribution in [2.75, 3.05) is 20.1 Å². The van der Waals surface area contributed by atoms with Gasteiger partial charge in [0, 0.05) is 30.7 Å². The molecule has 0 saturated carbocycles. The van der Waals surface area contributed by atoms with E-state index in [1.165, 1.54) is 0 Å². The van der Waals surface area contributed by atoms with E-state index < -0.39 is 10.0 Å². The van der Waals surface area contributed by atoms with Crippen molar-refractivity contribution in [1.29, 1.82) is 0 Å². The predicted molar refractivity (Wildman–Crippen MR) is 89.8 cm³/mol. The highest BCUT2D eigenvalue weighted by Crippen LogP contribution is 2.23. The van der Waals surface area contributed by atoms with E-state index in [0.717, 1.165) is 23.7 Å². The Bertz CT molecular complexity index is 751. The van der Waals surface area contributed by atoms with Crippen LogP contribution in [0.1, 0.15) is 12.8 Å². The van der Waals surface area contributed by atoms with Gasteiger partial charge in [0.15, 0.2) is 0 Å². The first-order valence-corrected chi connectivity index (χ1v) is 8.57. The lowest BCUT2D eigenvalue weighted by molar-refractivity contribution is 0.293. The van der Waals surface area contributed by atoms with E-state index in [9.17, 15) is 8.42 Å². The average Bonchev–Trinajstić information content (AvgIpc) is 2.54. The summed E-state index contributed by atoms with van der Waals surface area (Å²) in [5.41, 5.74) is 0.809. The van der Waals surface area contributed by atoms with Crippen molar-refractivity contribution in [2.45, 2.75) is 23.8 Å². The summed E-state index contributed by atoms with van der Waals surface area (Å²) in [7, 11) is -1.55. The fourth-order valence-electron chi connectivity index (χ4n) is 2.76. The average molecular weight is 342 g/mol. The van der Waals surface area contributed by atoms with Crippen LogP contribution in [0.4, 0.5) is 0 Å². The molecular weight excluding hydrogens is 322 g/mol. The molecule has 3 rings (SSSR count).